The average Bonchev–Trinajstić information content (AvgIpc) is 3.66. The third-order valence-corrected chi connectivity index (χ3v) is 8.83. The molecule has 224 valence electrons. The van der Waals surface area contributed by atoms with Gasteiger partial charge in [-0.2, -0.15) is 0 Å². The number of anilines is 2. The quantitative estimate of drug-likeness (QED) is 0.179. The number of aromatic amines is 2. The van der Waals surface area contributed by atoms with Crippen molar-refractivity contribution in [2.24, 2.45) is 0 Å². The van der Waals surface area contributed by atoms with E-state index in [1.54, 1.807) is 36.4 Å². The minimum Gasteiger partial charge on any atom is -0.453 e. The summed E-state index contributed by atoms with van der Waals surface area (Å²) >= 11 is 0. The molecular formula is C30H26N6O6S2. The zero-order valence-corrected chi connectivity index (χ0v) is 25.0. The van der Waals surface area contributed by atoms with E-state index in [0.717, 1.165) is 9.79 Å². The van der Waals surface area contributed by atoms with Crippen LogP contribution in [0, 0.1) is 0 Å². The summed E-state index contributed by atoms with van der Waals surface area (Å²) in [5, 5.41) is 4.92. The standard InChI is InChI=1S/2C15H13N3O3S/c2*1-21-15(19)18-14-16-12-8-7-11(9-13(12)17-14)22(20)10-5-3-2-4-6-10/h2*2-9H,1H3,(H2,16,17,18,19). The van der Waals surface area contributed by atoms with Crippen molar-refractivity contribution in [3.8, 4) is 0 Å². The van der Waals surface area contributed by atoms with E-state index in [1.165, 1.54) is 14.2 Å². The normalized spacial score (nSPS) is 12.0. The van der Waals surface area contributed by atoms with Crippen molar-refractivity contribution in [2.75, 3.05) is 24.9 Å². The Kier molecular flexibility index (Phi) is 9.42. The molecule has 0 radical (unpaired) electrons. The van der Waals surface area contributed by atoms with Crippen molar-refractivity contribution in [1.29, 1.82) is 0 Å². The van der Waals surface area contributed by atoms with Crippen LogP contribution in [0.5, 0.6) is 0 Å². The number of nitrogens with one attached hydrogen (secondary N) is 4. The zero-order chi connectivity index (χ0) is 31.1. The molecule has 0 fully saturated rings. The zero-order valence-electron chi connectivity index (χ0n) is 23.4. The maximum atomic E-state index is 12.5. The summed E-state index contributed by atoms with van der Waals surface area (Å²) in [5.41, 5.74) is 2.71. The highest BCUT2D eigenvalue weighted by Crippen LogP contribution is 2.23. The van der Waals surface area contributed by atoms with E-state index in [0.29, 0.717) is 31.9 Å². The number of hydrogen-bond acceptors (Lipinski definition) is 8. The van der Waals surface area contributed by atoms with Gasteiger partial charge in [-0.25, -0.2) is 28.0 Å². The van der Waals surface area contributed by atoms with Crippen molar-refractivity contribution in [2.45, 2.75) is 19.6 Å². The van der Waals surface area contributed by atoms with Gasteiger partial charge in [0.15, 0.2) is 0 Å². The Bertz CT molecular complexity index is 1830. The second-order valence-corrected chi connectivity index (χ2v) is 11.9. The van der Waals surface area contributed by atoms with Crippen molar-refractivity contribution in [3.63, 3.8) is 0 Å². The minimum absolute atomic E-state index is 0.282. The lowest BCUT2D eigenvalue weighted by Crippen LogP contribution is -2.11. The van der Waals surface area contributed by atoms with Gasteiger partial charge in [0.1, 0.15) is 0 Å². The summed E-state index contributed by atoms with van der Waals surface area (Å²) in [6.45, 7) is 0. The molecule has 0 bridgehead atoms. The number of benzene rings is 4. The van der Waals surface area contributed by atoms with E-state index in [-0.39, 0.29) is 11.9 Å². The van der Waals surface area contributed by atoms with Crippen LogP contribution in [0.4, 0.5) is 21.5 Å². The van der Waals surface area contributed by atoms with E-state index in [9.17, 15) is 18.0 Å². The molecule has 2 unspecified atom stereocenters. The van der Waals surface area contributed by atoms with Gasteiger partial charge >= 0.3 is 12.2 Å². The molecule has 14 heteroatoms. The maximum Gasteiger partial charge on any atom is 0.413 e. The Morgan fingerprint density at radius 3 is 1.34 bits per heavy atom. The Balaban J connectivity index is 0.000000175. The van der Waals surface area contributed by atoms with E-state index >= 15 is 0 Å². The SMILES string of the molecule is COC(=O)Nc1nc2ccc(S(=O)c3ccccc3)cc2[nH]1.COC(=O)Nc1nc2ccc(S(=O)c3ccccc3)cc2[nH]1. The molecule has 0 aliphatic heterocycles. The smallest absolute Gasteiger partial charge is 0.413 e. The van der Waals surface area contributed by atoms with Crippen LogP contribution < -0.4 is 10.6 Å². The van der Waals surface area contributed by atoms with Gasteiger partial charge in [0, 0.05) is 19.6 Å². The van der Waals surface area contributed by atoms with Crippen LogP contribution in [-0.4, -0.2) is 54.8 Å². The second-order valence-electron chi connectivity index (χ2n) is 8.93. The lowest BCUT2D eigenvalue weighted by molar-refractivity contribution is 0.186. The van der Waals surface area contributed by atoms with E-state index in [2.05, 4.69) is 40.0 Å². The molecule has 2 amide bonds. The summed E-state index contributed by atoms with van der Waals surface area (Å²) in [6.07, 6.45) is -1.21. The van der Waals surface area contributed by atoms with Gasteiger partial charge < -0.3 is 19.4 Å². The molecule has 0 spiro atoms. The predicted octanol–water partition coefficient (Wildman–Crippen LogP) is 5.82. The summed E-state index contributed by atoms with van der Waals surface area (Å²) in [5.74, 6) is 0.564. The third kappa shape index (κ3) is 7.17. The van der Waals surface area contributed by atoms with Crippen molar-refractivity contribution >= 4 is 67.7 Å². The molecule has 6 aromatic rings. The van der Waals surface area contributed by atoms with Gasteiger partial charge in [0.2, 0.25) is 11.9 Å². The number of ether oxygens (including phenoxy) is 2. The molecule has 2 heterocycles. The molecule has 12 nitrogen and oxygen atoms in total. The first-order valence-electron chi connectivity index (χ1n) is 13.0. The molecule has 0 saturated heterocycles. The topological polar surface area (TPSA) is 168 Å². The lowest BCUT2D eigenvalue weighted by atomic mass is 10.3. The molecule has 44 heavy (non-hydrogen) atoms. The van der Waals surface area contributed by atoms with Gasteiger partial charge in [-0.1, -0.05) is 36.4 Å². The summed E-state index contributed by atoms with van der Waals surface area (Å²) < 4.78 is 34.0. The number of nitrogens with zero attached hydrogens (tertiary/aromatic N) is 2. The molecule has 6 rings (SSSR count). The number of rotatable bonds is 6. The fraction of sp³-hybridized carbons (Fsp3) is 0.0667. The Labute approximate surface area is 256 Å². The summed E-state index contributed by atoms with van der Waals surface area (Å²) in [7, 11) is 0.0223. The highest BCUT2D eigenvalue weighted by Gasteiger charge is 2.12. The highest BCUT2D eigenvalue weighted by molar-refractivity contribution is 7.85. The minimum atomic E-state index is -1.27. The van der Waals surface area contributed by atoms with Gasteiger partial charge in [0.25, 0.3) is 0 Å². The number of methoxy groups -OCH3 is 2. The molecule has 2 aromatic heterocycles. The number of hydrogen-bond donors (Lipinski definition) is 4. The predicted molar refractivity (Wildman–Crippen MR) is 166 cm³/mol. The first kappa shape index (κ1) is 30.1. The van der Waals surface area contributed by atoms with Crippen LogP contribution in [0.2, 0.25) is 0 Å². The number of aromatic nitrogens is 4. The van der Waals surface area contributed by atoms with Gasteiger partial charge in [-0.3, -0.25) is 10.6 Å². The number of amides is 2. The summed E-state index contributed by atoms with van der Waals surface area (Å²) in [6, 6.07) is 29.0. The van der Waals surface area contributed by atoms with Crippen molar-refractivity contribution in [1.82, 2.24) is 19.9 Å². The van der Waals surface area contributed by atoms with Crippen LogP contribution in [0.1, 0.15) is 0 Å². The average molecular weight is 631 g/mol. The second kappa shape index (κ2) is 13.8. The first-order valence-corrected chi connectivity index (χ1v) is 15.3. The van der Waals surface area contributed by atoms with Gasteiger partial charge in [0.05, 0.1) is 57.9 Å². The van der Waals surface area contributed by atoms with Crippen molar-refractivity contribution in [3.05, 3.63) is 97.1 Å². The fourth-order valence-electron chi connectivity index (χ4n) is 3.98. The Morgan fingerprint density at radius 1 is 0.591 bits per heavy atom. The number of H-pyrrole nitrogens is 2. The molecule has 4 N–H and O–H groups in total. The van der Waals surface area contributed by atoms with Crippen LogP contribution in [0.25, 0.3) is 22.1 Å². The van der Waals surface area contributed by atoms with Crippen LogP contribution in [0.3, 0.4) is 0 Å². The monoisotopic (exact) mass is 630 g/mol. The molecule has 0 aliphatic rings. The van der Waals surface area contributed by atoms with Crippen LogP contribution in [-0.2, 0) is 31.1 Å². The lowest BCUT2D eigenvalue weighted by Gasteiger charge is -2.01. The van der Waals surface area contributed by atoms with Gasteiger partial charge in [-0.05, 0) is 60.7 Å². The maximum absolute atomic E-state index is 12.5. The molecular weight excluding hydrogens is 605 g/mol. The number of imidazole rings is 2. The first-order chi connectivity index (χ1) is 21.3. The summed E-state index contributed by atoms with van der Waals surface area (Å²) in [4.78, 5) is 39.4. The van der Waals surface area contributed by atoms with E-state index in [1.807, 2.05) is 60.7 Å². The van der Waals surface area contributed by atoms with Gasteiger partial charge in [-0.15, -0.1) is 0 Å². The van der Waals surface area contributed by atoms with E-state index < -0.39 is 33.8 Å². The molecule has 0 aliphatic carbocycles. The highest BCUT2D eigenvalue weighted by atomic mass is 32.2. The van der Waals surface area contributed by atoms with Crippen molar-refractivity contribution < 1.29 is 27.5 Å². The molecule has 2 atom stereocenters. The molecule has 4 aromatic carbocycles. The molecule has 0 saturated carbocycles. The van der Waals surface area contributed by atoms with Crippen LogP contribution in [0.15, 0.2) is 117 Å². The van der Waals surface area contributed by atoms with E-state index in [4.69, 9.17) is 0 Å². The Morgan fingerprint density at radius 2 is 0.977 bits per heavy atom. The number of carbonyl (C=O) groups excluding carboxylic acids is 2. The Hall–Kier alpha value is -5.34. The number of fused-ring (bicyclic) bond motifs is 2. The fourth-order valence-corrected chi connectivity index (χ4v) is 6.17. The van der Waals surface area contributed by atoms with Crippen LogP contribution >= 0.6 is 0 Å². The number of carbonyl (C=O) groups is 2. The largest absolute Gasteiger partial charge is 0.453 e. The third-order valence-electron chi connectivity index (χ3n) is 6.06.